The average Bonchev–Trinajstić information content (AvgIpc) is 2.90. The third-order valence-electron chi connectivity index (χ3n) is 7.85. The highest BCUT2D eigenvalue weighted by atomic mass is 19.4. The maximum absolute atomic E-state index is 13.5. The van der Waals surface area contributed by atoms with Crippen molar-refractivity contribution in [3.05, 3.63) is 54.1 Å². The minimum absolute atomic E-state index is 0.502. The normalized spacial score (nSPS) is 18.8. The Morgan fingerprint density at radius 3 is 1.64 bits per heavy atom. The molecule has 1 aliphatic rings. The fourth-order valence-electron chi connectivity index (χ4n) is 5.39. The van der Waals surface area contributed by atoms with Gasteiger partial charge in [-0.3, -0.25) is 0 Å². The zero-order valence-electron chi connectivity index (χ0n) is 22.5. The van der Waals surface area contributed by atoms with Gasteiger partial charge in [0.25, 0.3) is 0 Å². The smallest absolute Gasteiger partial charge is 0.428 e. The summed E-state index contributed by atoms with van der Waals surface area (Å²) < 4.78 is 93.8. The highest BCUT2D eigenvalue weighted by molar-refractivity contribution is 5.64. The van der Waals surface area contributed by atoms with Crippen LogP contribution in [0.15, 0.2) is 48.5 Å². The summed E-state index contributed by atoms with van der Waals surface area (Å²) in [5.74, 6) is -5.79. The quantitative estimate of drug-likeness (QED) is 0.165. The van der Waals surface area contributed by atoms with Gasteiger partial charge in [-0.2, -0.15) is 30.7 Å². The van der Waals surface area contributed by atoms with Gasteiger partial charge in [0.2, 0.25) is 0 Å². The van der Waals surface area contributed by atoms with Crippen LogP contribution in [0.1, 0.15) is 102 Å². The molecule has 0 amide bonds. The van der Waals surface area contributed by atoms with Crippen LogP contribution in [-0.4, -0.2) is 18.2 Å². The Hall–Kier alpha value is -2.25. The van der Waals surface area contributed by atoms with Crippen molar-refractivity contribution in [1.29, 1.82) is 0 Å². The Kier molecular flexibility index (Phi) is 11.1. The van der Waals surface area contributed by atoms with Crippen molar-refractivity contribution in [3.63, 3.8) is 0 Å². The predicted molar refractivity (Wildman–Crippen MR) is 140 cm³/mol. The van der Waals surface area contributed by atoms with E-state index in [-0.39, 0.29) is 0 Å². The van der Waals surface area contributed by atoms with Gasteiger partial charge in [-0.05, 0) is 66.3 Å². The lowest BCUT2D eigenvalue weighted by Gasteiger charge is -2.29. The van der Waals surface area contributed by atoms with Gasteiger partial charge in [0.05, 0.1) is 0 Å². The topological polar surface area (TPSA) is 9.23 Å². The lowest BCUT2D eigenvalue weighted by molar-refractivity contribution is -0.402. The van der Waals surface area contributed by atoms with Gasteiger partial charge in [-0.25, -0.2) is 0 Å². The Labute approximate surface area is 227 Å². The van der Waals surface area contributed by atoms with E-state index < -0.39 is 24.0 Å². The number of rotatable bonds is 14. The van der Waals surface area contributed by atoms with Crippen LogP contribution in [0.3, 0.4) is 0 Å². The summed E-state index contributed by atoms with van der Waals surface area (Å²) in [7, 11) is 0. The molecule has 0 heterocycles. The van der Waals surface area contributed by atoms with E-state index in [9.17, 15) is 30.7 Å². The Morgan fingerprint density at radius 1 is 0.641 bits per heavy atom. The van der Waals surface area contributed by atoms with E-state index in [4.69, 9.17) is 0 Å². The summed E-state index contributed by atoms with van der Waals surface area (Å²) in [4.78, 5) is 0. The molecule has 0 aromatic heterocycles. The van der Waals surface area contributed by atoms with Gasteiger partial charge in [0.1, 0.15) is 5.75 Å². The van der Waals surface area contributed by atoms with Gasteiger partial charge in [0, 0.05) is 0 Å². The van der Waals surface area contributed by atoms with E-state index in [0.29, 0.717) is 11.5 Å². The monoisotopic (exact) mass is 560 g/mol. The maximum atomic E-state index is 13.5. The van der Waals surface area contributed by atoms with E-state index in [1.54, 1.807) is 0 Å². The fraction of sp³-hybridized carbons (Fsp3) is 0.613. The van der Waals surface area contributed by atoms with Crippen molar-refractivity contribution in [1.82, 2.24) is 0 Å². The first-order chi connectivity index (χ1) is 18.4. The standard InChI is InChI=1S/C31H39F7O/c1-2-3-4-5-6-7-8-9-10-23-11-13-24(14-12-23)25-15-17-26(18-16-25)27-19-21-28(22-20-27)39-31(37,38)29(32,33)30(34,35)36/h15-24H,2-14H2,1H3. The van der Waals surface area contributed by atoms with Gasteiger partial charge >= 0.3 is 18.2 Å². The van der Waals surface area contributed by atoms with Crippen LogP contribution in [0.5, 0.6) is 5.75 Å². The molecule has 0 unspecified atom stereocenters. The molecule has 0 spiro atoms. The molecule has 0 N–H and O–H groups in total. The van der Waals surface area contributed by atoms with Crippen LogP contribution < -0.4 is 4.74 Å². The summed E-state index contributed by atoms with van der Waals surface area (Å²) >= 11 is 0. The summed E-state index contributed by atoms with van der Waals surface area (Å²) in [6.07, 6.45) is 4.66. The fourth-order valence-corrected chi connectivity index (χ4v) is 5.39. The van der Waals surface area contributed by atoms with Crippen LogP contribution in [0.25, 0.3) is 11.1 Å². The molecule has 1 fully saturated rings. The highest BCUT2D eigenvalue weighted by Crippen LogP contribution is 2.47. The molecule has 1 nitrogen and oxygen atoms in total. The molecule has 0 radical (unpaired) electrons. The van der Waals surface area contributed by atoms with Crippen molar-refractivity contribution in [2.45, 2.75) is 115 Å². The first-order valence-electron chi connectivity index (χ1n) is 14.2. The summed E-state index contributed by atoms with van der Waals surface area (Å²) in [6, 6.07) is 12.5. The molecule has 2 aromatic carbocycles. The Morgan fingerprint density at radius 2 is 1.13 bits per heavy atom. The van der Waals surface area contributed by atoms with Crippen LogP contribution in [-0.2, 0) is 0 Å². The van der Waals surface area contributed by atoms with Gasteiger partial charge < -0.3 is 4.74 Å². The average molecular weight is 561 g/mol. The molecule has 1 aliphatic carbocycles. The lowest BCUT2D eigenvalue weighted by atomic mass is 9.77. The molecule has 0 aliphatic heterocycles. The lowest BCUT2D eigenvalue weighted by Crippen LogP contribution is -2.55. The Balaban J connectivity index is 1.45. The number of ether oxygens (including phenoxy) is 1. The first kappa shape index (κ1) is 31.3. The zero-order valence-corrected chi connectivity index (χ0v) is 22.5. The molecular weight excluding hydrogens is 521 g/mol. The Bertz CT molecular complexity index is 975. The van der Waals surface area contributed by atoms with Gasteiger partial charge in [0.15, 0.2) is 0 Å². The minimum Gasteiger partial charge on any atom is -0.428 e. The maximum Gasteiger partial charge on any atom is 0.474 e. The minimum atomic E-state index is -6.44. The second-order valence-electron chi connectivity index (χ2n) is 10.8. The number of alkyl halides is 7. The highest BCUT2D eigenvalue weighted by Gasteiger charge is 2.75. The van der Waals surface area contributed by atoms with Gasteiger partial charge in [-0.1, -0.05) is 101 Å². The molecule has 3 rings (SSSR count). The van der Waals surface area contributed by atoms with Gasteiger partial charge in [-0.15, -0.1) is 0 Å². The molecule has 39 heavy (non-hydrogen) atoms. The summed E-state index contributed by atoms with van der Waals surface area (Å²) in [5.41, 5.74) is 2.63. The van der Waals surface area contributed by atoms with E-state index in [1.165, 1.54) is 88.3 Å². The molecular formula is C31H39F7O. The number of hydrogen-bond donors (Lipinski definition) is 0. The van der Waals surface area contributed by atoms with E-state index >= 15 is 0 Å². The van der Waals surface area contributed by atoms with Crippen molar-refractivity contribution in [2.24, 2.45) is 5.92 Å². The SMILES string of the molecule is CCCCCCCCCCC1CCC(c2ccc(-c3ccc(OC(F)(F)C(F)(F)C(F)(F)F)cc3)cc2)CC1. The van der Waals surface area contributed by atoms with Crippen molar-refractivity contribution in [3.8, 4) is 16.9 Å². The van der Waals surface area contributed by atoms with Crippen molar-refractivity contribution >= 4 is 0 Å². The summed E-state index contributed by atoms with van der Waals surface area (Å²) in [5, 5.41) is 0. The third-order valence-corrected chi connectivity index (χ3v) is 7.85. The molecule has 0 bridgehead atoms. The van der Waals surface area contributed by atoms with Crippen LogP contribution in [0.4, 0.5) is 30.7 Å². The molecule has 218 valence electrons. The van der Waals surface area contributed by atoms with E-state index in [1.807, 2.05) is 24.3 Å². The van der Waals surface area contributed by atoms with Crippen LogP contribution in [0.2, 0.25) is 0 Å². The predicted octanol–water partition coefficient (Wildman–Crippen LogP) is 11.3. The van der Waals surface area contributed by atoms with Crippen molar-refractivity contribution < 1.29 is 35.5 Å². The van der Waals surface area contributed by atoms with Crippen LogP contribution >= 0.6 is 0 Å². The molecule has 0 saturated heterocycles. The van der Waals surface area contributed by atoms with Crippen molar-refractivity contribution in [2.75, 3.05) is 0 Å². The molecule has 1 saturated carbocycles. The molecule has 0 atom stereocenters. The van der Waals surface area contributed by atoms with E-state index in [0.717, 1.165) is 36.5 Å². The molecule has 2 aromatic rings. The molecule has 8 heteroatoms. The zero-order chi connectivity index (χ0) is 28.5. The van der Waals surface area contributed by atoms with E-state index in [2.05, 4.69) is 11.7 Å². The third kappa shape index (κ3) is 8.62. The number of unbranched alkanes of at least 4 members (excludes halogenated alkanes) is 7. The number of hydrogen-bond acceptors (Lipinski definition) is 1. The first-order valence-corrected chi connectivity index (χ1v) is 14.2. The largest absolute Gasteiger partial charge is 0.474 e. The number of halogens is 7. The second kappa shape index (κ2) is 13.9. The summed E-state index contributed by atoms with van der Waals surface area (Å²) in [6.45, 7) is 2.24. The second-order valence-corrected chi connectivity index (χ2v) is 10.8. The number of benzene rings is 2. The van der Waals surface area contributed by atoms with Crippen LogP contribution in [0, 0.1) is 5.92 Å².